The van der Waals surface area contributed by atoms with Crippen LogP contribution in [0.2, 0.25) is 0 Å². The van der Waals surface area contributed by atoms with Crippen LogP contribution < -0.4 is 10.1 Å². The van der Waals surface area contributed by atoms with Gasteiger partial charge in [-0.2, -0.15) is 0 Å². The van der Waals surface area contributed by atoms with Crippen molar-refractivity contribution in [2.24, 2.45) is 4.99 Å². The molecule has 0 radical (unpaired) electrons. The number of amidine groups is 1. The first-order chi connectivity index (χ1) is 15.9. The smallest absolute Gasteiger partial charge is 0.335 e. The Bertz CT molecular complexity index is 1290. The van der Waals surface area contributed by atoms with Gasteiger partial charge in [-0.15, -0.1) is 0 Å². The third-order valence-electron chi connectivity index (χ3n) is 4.74. The number of hydrogen-bond donors (Lipinski definition) is 2. The highest BCUT2D eigenvalue weighted by Crippen LogP contribution is 2.31. The maximum atomic E-state index is 12.4. The standard InChI is InChI=1S/C25H19BrN2O4S/c1-15-5-8-19(9-6-15)27-25-28-23(29)22(33-25)13-16-7-10-21(20(26)12-16)32-14-17-3-2-4-18(11-17)24(30)31/h2-13H,14H2,1H3,(H,30,31)(H,27,28,29)/b22-13+. The second-order valence-corrected chi connectivity index (χ2v) is 9.19. The molecule has 1 fully saturated rings. The van der Waals surface area contributed by atoms with E-state index in [2.05, 4.69) is 26.2 Å². The van der Waals surface area contributed by atoms with Crippen LogP contribution in [0.1, 0.15) is 27.0 Å². The number of carbonyl (C=O) groups is 2. The minimum atomic E-state index is -0.976. The summed E-state index contributed by atoms with van der Waals surface area (Å²) < 4.78 is 6.56. The highest BCUT2D eigenvalue weighted by molar-refractivity contribution is 9.10. The minimum Gasteiger partial charge on any atom is -0.488 e. The summed E-state index contributed by atoms with van der Waals surface area (Å²) in [5, 5.41) is 12.4. The van der Waals surface area contributed by atoms with Crippen molar-refractivity contribution in [3.8, 4) is 5.75 Å². The van der Waals surface area contributed by atoms with E-state index in [9.17, 15) is 9.59 Å². The van der Waals surface area contributed by atoms with E-state index in [1.807, 2.05) is 49.4 Å². The van der Waals surface area contributed by atoms with Crippen LogP contribution in [-0.2, 0) is 11.4 Å². The molecule has 1 heterocycles. The quantitative estimate of drug-likeness (QED) is 0.392. The molecule has 0 aromatic heterocycles. The third kappa shape index (κ3) is 5.91. The number of thioether (sulfide) groups is 1. The molecular formula is C25H19BrN2O4S. The van der Waals surface area contributed by atoms with Crippen molar-refractivity contribution in [1.82, 2.24) is 5.32 Å². The second-order valence-electron chi connectivity index (χ2n) is 7.30. The lowest BCUT2D eigenvalue weighted by Gasteiger charge is -2.09. The zero-order valence-electron chi connectivity index (χ0n) is 17.5. The first kappa shape index (κ1) is 22.8. The highest BCUT2D eigenvalue weighted by atomic mass is 79.9. The fourth-order valence-corrected chi connectivity index (χ4v) is 4.40. The molecule has 1 aliphatic rings. The summed E-state index contributed by atoms with van der Waals surface area (Å²) >= 11 is 4.80. The molecule has 0 aliphatic carbocycles. The molecule has 1 saturated heterocycles. The number of aryl methyl sites for hydroxylation is 1. The van der Waals surface area contributed by atoms with E-state index >= 15 is 0 Å². The molecule has 0 unspecified atom stereocenters. The fraction of sp³-hybridized carbons (Fsp3) is 0.0800. The van der Waals surface area contributed by atoms with Crippen molar-refractivity contribution in [2.75, 3.05) is 0 Å². The summed E-state index contributed by atoms with van der Waals surface area (Å²) in [6.45, 7) is 2.24. The van der Waals surface area contributed by atoms with E-state index in [0.29, 0.717) is 15.8 Å². The van der Waals surface area contributed by atoms with Crippen LogP contribution in [0, 0.1) is 6.92 Å². The zero-order chi connectivity index (χ0) is 23.4. The summed E-state index contributed by atoms with van der Waals surface area (Å²) in [6.07, 6.45) is 1.79. The first-order valence-electron chi connectivity index (χ1n) is 9.98. The molecule has 2 N–H and O–H groups in total. The Balaban J connectivity index is 1.44. The van der Waals surface area contributed by atoms with Crippen LogP contribution in [0.15, 0.2) is 81.1 Å². The van der Waals surface area contributed by atoms with Crippen molar-refractivity contribution in [1.29, 1.82) is 0 Å². The molecular weight excluding hydrogens is 504 g/mol. The minimum absolute atomic E-state index is 0.194. The largest absolute Gasteiger partial charge is 0.488 e. The Morgan fingerprint density at radius 3 is 2.67 bits per heavy atom. The molecule has 3 aromatic carbocycles. The normalized spacial score (nSPS) is 15.6. The number of benzene rings is 3. The molecule has 1 amide bonds. The number of carbonyl (C=O) groups excluding carboxylic acids is 1. The molecule has 3 aromatic rings. The first-order valence-corrected chi connectivity index (χ1v) is 11.6. The van der Waals surface area contributed by atoms with Gasteiger partial charge in [-0.05, 0) is 88.2 Å². The lowest BCUT2D eigenvalue weighted by atomic mass is 10.1. The molecule has 8 heteroatoms. The number of nitrogens with one attached hydrogen (secondary N) is 1. The number of nitrogens with zero attached hydrogens (tertiary/aromatic N) is 1. The number of hydrogen-bond acceptors (Lipinski definition) is 5. The summed E-state index contributed by atoms with van der Waals surface area (Å²) in [6, 6.07) is 19.9. The molecule has 33 heavy (non-hydrogen) atoms. The molecule has 6 nitrogen and oxygen atoms in total. The van der Waals surface area contributed by atoms with Gasteiger partial charge in [-0.1, -0.05) is 35.9 Å². The van der Waals surface area contributed by atoms with E-state index in [4.69, 9.17) is 9.84 Å². The molecule has 0 bridgehead atoms. The molecule has 0 spiro atoms. The topological polar surface area (TPSA) is 88.0 Å². The Kier molecular flexibility index (Phi) is 6.96. The number of amides is 1. The second kappa shape index (κ2) is 10.1. The van der Waals surface area contributed by atoms with E-state index in [0.717, 1.165) is 26.9 Å². The monoisotopic (exact) mass is 522 g/mol. The maximum absolute atomic E-state index is 12.4. The lowest BCUT2D eigenvalue weighted by molar-refractivity contribution is -0.115. The number of ether oxygens (including phenoxy) is 1. The van der Waals surface area contributed by atoms with E-state index in [1.165, 1.54) is 17.8 Å². The number of halogens is 1. The van der Waals surface area contributed by atoms with Gasteiger partial charge in [-0.3, -0.25) is 4.79 Å². The van der Waals surface area contributed by atoms with Gasteiger partial charge in [0.15, 0.2) is 5.17 Å². The average molecular weight is 523 g/mol. The van der Waals surface area contributed by atoms with Crippen LogP contribution in [0.4, 0.5) is 5.69 Å². The van der Waals surface area contributed by atoms with Gasteiger partial charge in [0.1, 0.15) is 12.4 Å². The van der Waals surface area contributed by atoms with Crippen LogP contribution >= 0.6 is 27.7 Å². The van der Waals surface area contributed by atoms with Crippen LogP contribution in [0.5, 0.6) is 5.75 Å². The highest BCUT2D eigenvalue weighted by Gasteiger charge is 2.23. The van der Waals surface area contributed by atoms with Gasteiger partial charge in [0.25, 0.3) is 5.91 Å². The third-order valence-corrected chi connectivity index (χ3v) is 6.27. The summed E-state index contributed by atoms with van der Waals surface area (Å²) in [5.74, 6) is -0.556. The molecule has 166 valence electrons. The summed E-state index contributed by atoms with van der Waals surface area (Å²) in [4.78, 5) is 28.5. The maximum Gasteiger partial charge on any atom is 0.335 e. The summed E-state index contributed by atoms with van der Waals surface area (Å²) in [5.41, 5.74) is 3.73. The number of aliphatic imine (C=N–C) groups is 1. The molecule has 4 rings (SSSR count). The summed E-state index contributed by atoms with van der Waals surface area (Å²) in [7, 11) is 0. The number of carboxylic acids is 1. The number of carboxylic acid groups (broad SMARTS) is 1. The van der Waals surface area contributed by atoms with Gasteiger partial charge in [0, 0.05) is 0 Å². The molecule has 0 atom stereocenters. The van der Waals surface area contributed by atoms with Gasteiger partial charge >= 0.3 is 5.97 Å². The molecule has 1 aliphatic heterocycles. The van der Waals surface area contributed by atoms with Crippen molar-refractivity contribution >= 4 is 56.5 Å². The van der Waals surface area contributed by atoms with Gasteiger partial charge < -0.3 is 15.2 Å². The Morgan fingerprint density at radius 1 is 1.15 bits per heavy atom. The van der Waals surface area contributed by atoms with Crippen molar-refractivity contribution in [3.63, 3.8) is 0 Å². The van der Waals surface area contributed by atoms with Gasteiger partial charge in [0.2, 0.25) is 0 Å². The lowest BCUT2D eigenvalue weighted by Crippen LogP contribution is -2.19. The van der Waals surface area contributed by atoms with Gasteiger partial charge in [0.05, 0.1) is 20.6 Å². The molecule has 0 saturated carbocycles. The van der Waals surface area contributed by atoms with Crippen LogP contribution in [-0.4, -0.2) is 22.2 Å². The number of rotatable bonds is 6. The predicted octanol–water partition coefficient (Wildman–Crippen LogP) is 5.93. The SMILES string of the molecule is Cc1ccc(N=C2NC(=O)/C(=C\c3ccc(OCc4cccc(C(=O)O)c4)c(Br)c3)S2)cc1. The predicted molar refractivity (Wildman–Crippen MR) is 134 cm³/mol. The Morgan fingerprint density at radius 2 is 1.94 bits per heavy atom. The average Bonchev–Trinajstić information content (AvgIpc) is 3.13. The van der Waals surface area contributed by atoms with Crippen molar-refractivity contribution < 1.29 is 19.4 Å². The van der Waals surface area contributed by atoms with Gasteiger partial charge in [-0.25, -0.2) is 9.79 Å². The van der Waals surface area contributed by atoms with E-state index in [-0.39, 0.29) is 18.1 Å². The van der Waals surface area contributed by atoms with E-state index in [1.54, 1.807) is 24.3 Å². The zero-order valence-corrected chi connectivity index (χ0v) is 19.9. The van der Waals surface area contributed by atoms with Crippen molar-refractivity contribution in [3.05, 3.63) is 98.4 Å². The van der Waals surface area contributed by atoms with Crippen LogP contribution in [0.25, 0.3) is 6.08 Å². The van der Waals surface area contributed by atoms with Crippen molar-refractivity contribution in [2.45, 2.75) is 13.5 Å². The Labute approximate surface area is 203 Å². The fourth-order valence-electron chi connectivity index (χ4n) is 3.05. The Hall–Kier alpha value is -3.36. The van der Waals surface area contributed by atoms with Crippen LogP contribution in [0.3, 0.4) is 0 Å². The number of aromatic carboxylic acids is 1. The van der Waals surface area contributed by atoms with E-state index < -0.39 is 5.97 Å².